The number of likely N-dealkylation sites (N-methyl/N-ethyl adjacent to an activating group) is 2. The number of esters is 1. The van der Waals surface area contributed by atoms with E-state index in [0.717, 1.165) is 5.56 Å². The van der Waals surface area contributed by atoms with E-state index < -0.39 is 133 Å². The molecule has 3 fully saturated rings. The lowest BCUT2D eigenvalue weighted by atomic mass is 9.77. The monoisotopic (exact) mass is 1090 g/mol. The Morgan fingerprint density at radius 3 is 2.31 bits per heavy atom. The fourth-order valence-corrected chi connectivity index (χ4v) is 12.0. The van der Waals surface area contributed by atoms with Crippen LogP contribution in [0.15, 0.2) is 48.9 Å². The molecule has 0 spiro atoms. The Balaban J connectivity index is 1.26. The Bertz CT molecular complexity index is 2330. The molecule has 1 aromatic carbocycles. The highest BCUT2D eigenvalue weighted by Gasteiger charge is 2.53. The van der Waals surface area contributed by atoms with E-state index in [-0.39, 0.29) is 30.7 Å². The number of carbonyl (C=O) groups excluding carboxylic acids is 1. The molecule has 3 aliphatic heterocycles. The number of benzene rings is 1. The molecule has 5 heterocycles. The van der Waals surface area contributed by atoms with Gasteiger partial charge in [0.05, 0.1) is 53.8 Å². The van der Waals surface area contributed by atoms with Crippen LogP contribution in [0.4, 0.5) is 4.39 Å². The highest BCUT2D eigenvalue weighted by Crippen LogP contribution is 2.41. The maximum Gasteiger partial charge on any atom is 0.311 e. The summed E-state index contributed by atoms with van der Waals surface area (Å²) in [5, 5.41) is 79.2. The van der Waals surface area contributed by atoms with E-state index in [9.17, 15) is 35.4 Å². The molecule has 3 aliphatic rings. The summed E-state index contributed by atoms with van der Waals surface area (Å²) in [5.74, 6) is -3.43. The molecule has 3 saturated heterocycles. The van der Waals surface area contributed by atoms with Gasteiger partial charge in [0.25, 0.3) is 0 Å². The molecule has 0 amide bonds. The van der Waals surface area contributed by atoms with Gasteiger partial charge >= 0.3 is 5.97 Å². The van der Waals surface area contributed by atoms with Crippen LogP contribution in [0, 0.1) is 23.6 Å². The molecule has 6 N–H and O–H groups in total. The van der Waals surface area contributed by atoms with Crippen molar-refractivity contribution in [3.05, 3.63) is 66.0 Å². The first-order chi connectivity index (χ1) is 36.2. The molecule has 0 saturated carbocycles. The molecule has 21 heteroatoms. The number of hydrogen-bond acceptors (Lipinski definition) is 19. The van der Waals surface area contributed by atoms with Crippen LogP contribution in [-0.4, -0.2) is 205 Å². The van der Waals surface area contributed by atoms with Crippen LogP contribution in [0.5, 0.6) is 0 Å². The van der Waals surface area contributed by atoms with Crippen molar-refractivity contribution < 1.29 is 73.0 Å². The lowest BCUT2D eigenvalue weighted by Gasteiger charge is -2.49. The van der Waals surface area contributed by atoms with Gasteiger partial charge in [-0.05, 0) is 105 Å². The van der Waals surface area contributed by atoms with E-state index in [1.165, 1.54) is 31.9 Å². The second-order valence-corrected chi connectivity index (χ2v) is 23.0. The summed E-state index contributed by atoms with van der Waals surface area (Å²) >= 11 is 0. The number of cyclic esters (lactones) is 1. The average molecular weight is 1090 g/mol. The number of carbonyl (C=O) groups is 1. The molecule has 77 heavy (non-hydrogen) atoms. The summed E-state index contributed by atoms with van der Waals surface area (Å²) < 4.78 is 61.3. The van der Waals surface area contributed by atoms with Crippen molar-refractivity contribution >= 4 is 5.97 Å². The molecule has 0 aliphatic carbocycles. The normalized spacial score (nSPS) is 38.2. The molecule has 0 bridgehead atoms. The van der Waals surface area contributed by atoms with Crippen molar-refractivity contribution in [2.75, 3.05) is 48.0 Å². The molecular weight excluding hydrogens is 1000 g/mol. The SMILES string of the molecule is CC[C@H]1OC(=O)[C@H](C)[C@@H](O[C@H]2C[C@@](C)(OC)[C@@H](O)[C@H](C)O2)[C@H](C)[C@@H](O[C@@H]2O[C@H](C)C[C@H](N(C)CCc3cn([C@H](CO)[C@H](OC)c4ccc(-c5cccnc5)cc4F)nn3)[C@H]2O)[C@](C)(O)C[C@@H](C)CN(C)[C@H](C)[C@@H](O)[C@]1(C)O. The van der Waals surface area contributed by atoms with Crippen molar-refractivity contribution in [1.82, 2.24) is 29.8 Å². The highest BCUT2D eigenvalue weighted by molar-refractivity contribution is 5.73. The Morgan fingerprint density at radius 1 is 0.974 bits per heavy atom. The molecule has 6 rings (SSSR count). The van der Waals surface area contributed by atoms with E-state index >= 15 is 4.39 Å². The molecule has 3 aromatic rings. The maximum atomic E-state index is 15.7. The topological polar surface area (TPSA) is 253 Å². The zero-order chi connectivity index (χ0) is 56.9. The predicted molar refractivity (Wildman–Crippen MR) is 282 cm³/mol. The van der Waals surface area contributed by atoms with E-state index in [2.05, 4.69) is 15.3 Å². The van der Waals surface area contributed by atoms with Gasteiger partial charge in [0.2, 0.25) is 0 Å². The number of aromatic nitrogens is 4. The number of aliphatic hydroxyl groups is 6. The van der Waals surface area contributed by atoms with Gasteiger partial charge in [-0.3, -0.25) is 9.78 Å². The van der Waals surface area contributed by atoms with Gasteiger partial charge < -0.3 is 73.6 Å². The lowest BCUT2D eigenvalue weighted by Crippen LogP contribution is -2.61. The van der Waals surface area contributed by atoms with Crippen molar-refractivity contribution in [3.8, 4) is 11.1 Å². The van der Waals surface area contributed by atoms with Crippen molar-refractivity contribution in [2.24, 2.45) is 17.8 Å². The fourth-order valence-electron chi connectivity index (χ4n) is 12.0. The predicted octanol–water partition coefficient (Wildman–Crippen LogP) is 4.23. The number of rotatable bonds is 16. The number of ether oxygens (including phenoxy) is 7. The van der Waals surface area contributed by atoms with E-state index in [1.807, 2.05) is 43.8 Å². The molecule has 0 radical (unpaired) electrons. The Labute approximate surface area is 454 Å². The third kappa shape index (κ3) is 14.3. The standard InChI is InChI=1S/C56H89FN6O14/c1-15-44-56(10,70)49(66)35(6)62(12)28-31(2)25-54(8,69)51(33(4)47(34(5)52(68)75-44)76-45-26-55(9,72-14)50(67)36(7)74-45)77-53-46(65)42(23-32(3)73-53)61(11)22-20-39-29-63(60-59-39)43(30-64)48(71-13)40-19-18-37(24-41(40)57)38-17-16-21-58-27-38/h16-19,21,24,27,29,31-36,42-51,53,64-67,69-70H,15,20,22-23,25-26,28,30H2,1-14H3/t31-,32-,33+,34-,35-,36+,42+,43-,44-,45+,46-,47+,48-,49-,50+,51-,53+,54-,55-,56-/m1/s1. The molecule has 0 unspecified atom stereocenters. The van der Waals surface area contributed by atoms with Crippen LogP contribution < -0.4 is 0 Å². The van der Waals surface area contributed by atoms with Crippen molar-refractivity contribution in [2.45, 2.75) is 204 Å². The zero-order valence-electron chi connectivity index (χ0n) is 47.6. The van der Waals surface area contributed by atoms with Gasteiger partial charge in [-0.1, -0.05) is 44.2 Å². The number of hydrogen-bond donors (Lipinski definition) is 6. The number of nitrogens with zero attached hydrogens (tertiary/aromatic N) is 6. The van der Waals surface area contributed by atoms with Crippen molar-refractivity contribution in [1.29, 1.82) is 0 Å². The fraction of sp³-hybridized carbons (Fsp3) is 0.750. The summed E-state index contributed by atoms with van der Waals surface area (Å²) in [7, 11) is 6.63. The van der Waals surface area contributed by atoms with Gasteiger partial charge in [0.1, 0.15) is 48.0 Å². The van der Waals surface area contributed by atoms with Crippen LogP contribution in [-0.2, 0) is 44.4 Å². The number of methoxy groups -OCH3 is 2. The number of pyridine rings is 1. The van der Waals surface area contributed by atoms with Gasteiger partial charge in [-0.25, -0.2) is 9.07 Å². The van der Waals surface area contributed by atoms with Gasteiger partial charge in [-0.15, -0.1) is 5.10 Å². The number of halogens is 1. The van der Waals surface area contributed by atoms with Crippen LogP contribution in [0.3, 0.4) is 0 Å². The molecule has 2 aromatic heterocycles. The summed E-state index contributed by atoms with van der Waals surface area (Å²) in [4.78, 5) is 22.5. The first-order valence-corrected chi connectivity index (χ1v) is 27.2. The first kappa shape index (κ1) is 62.5. The van der Waals surface area contributed by atoms with Gasteiger partial charge in [0, 0.05) is 87.9 Å². The summed E-state index contributed by atoms with van der Waals surface area (Å²) in [5.41, 5.74) is -2.41. The van der Waals surface area contributed by atoms with Crippen LogP contribution in [0.2, 0.25) is 0 Å². The quantitative estimate of drug-likeness (QED) is 0.110. The summed E-state index contributed by atoms with van der Waals surface area (Å²) in [6, 6.07) is 6.50. The van der Waals surface area contributed by atoms with Crippen LogP contribution in [0.25, 0.3) is 11.1 Å². The number of aliphatic hydroxyl groups excluding tert-OH is 4. The van der Waals surface area contributed by atoms with Gasteiger partial charge in [-0.2, -0.15) is 0 Å². The van der Waals surface area contributed by atoms with Gasteiger partial charge in [0.15, 0.2) is 12.6 Å². The molecule has 434 valence electrons. The second-order valence-electron chi connectivity index (χ2n) is 23.0. The van der Waals surface area contributed by atoms with E-state index in [4.69, 9.17) is 33.2 Å². The maximum absolute atomic E-state index is 15.7. The zero-order valence-corrected chi connectivity index (χ0v) is 47.6. The Hall–Kier alpha value is -3.65. The highest BCUT2D eigenvalue weighted by atomic mass is 19.1. The third-order valence-corrected chi connectivity index (χ3v) is 16.8. The minimum atomic E-state index is -1.86. The molecule has 20 nitrogen and oxygen atoms in total. The van der Waals surface area contributed by atoms with E-state index in [1.54, 1.807) is 85.3 Å². The average Bonchev–Trinajstić information content (AvgIpc) is 3.88. The Kier molecular flexibility index (Phi) is 21.4. The molecular formula is C56H89FN6O14. The van der Waals surface area contributed by atoms with Crippen LogP contribution in [0.1, 0.15) is 118 Å². The minimum absolute atomic E-state index is 0.0754. The van der Waals surface area contributed by atoms with E-state index in [0.29, 0.717) is 37.2 Å². The van der Waals surface area contributed by atoms with Crippen LogP contribution >= 0.6 is 0 Å². The summed E-state index contributed by atoms with van der Waals surface area (Å²) in [6.07, 6.45) is -5.18. The molecule has 20 atom stereocenters. The second kappa shape index (κ2) is 26.3. The van der Waals surface area contributed by atoms with Crippen molar-refractivity contribution in [3.63, 3.8) is 0 Å². The minimum Gasteiger partial charge on any atom is -0.459 e. The summed E-state index contributed by atoms with van der Waals surface area (Å²) in [6.45, 7) is 17.7. The Morgan fingerprint density at radius 2 is 1.69 bits per heavy atom. The first-order valence-electron chi connectivity index (χ1n) is 27.2. The smallest absolute Gasteiger partial charge is 0.311 e. The largest absolute Gasteiger partial charge is 0.459 e. The third-order valence-electron chi connectivity index (χ3n) is 16.8. The lowest BCUT2D eigenvalue weighted by molar-refractivity contribution is -0.318.